The number of amides is 1. The first kappa shape index (κ1) is 24.2. The van der Waals surface area contributed by atoms with Gasteiger partial charge in [-0.25, -0.2) is 13.9 Å². The molecule has 1 aliphatic rings. The predicted molar refractivity (Wildman–Crippen MR) is 119 cm³/mol. The fourth-order valence-electron chi connectivity index (χ4n) is 4.12. The molecule has 0 bridgehead atoms. The number of morpholine rings is 1. The zero-order valence-electron chi connectivity index (χ0n) is 18.7. The van der Waals surface area contributed by atoms with E-state index in [4.69, 9.17) is 9.47 Å². The third-order valence-corrected chi connectivity index (χ3v) is 7.42. The second-order valence-corrected chi connectivity index (χ2v) is 10.3. The smallest absolute Gasteiger partial charge is 0.264 e. The van der Waals surface area contributed by atoms with Gasteiger partial charge in [0.05, 0.1) is 16.6 Å². The van der Waals surface area contributed by atoms with E-state index >= 15 is 0 Å². The minimum absolute atomic E-state index is 0.0180. The van der Waals surface area contributed by atoms with Gasteiger partial charge in [-0.2, -0.15) is 4.31 Å². The van der Waals surface area contributed by atoms with Crippen LogP contribution in [0.1, 0.15) is 38.8 Å². The van der Waals surface area contributed by atoms with Crippen LogP contribution in [0.3, 0.4) is 0 Å². The molecule has 3 rings (SSSR count). The van der Waals surface area contributed by atoms with E-state index in [0.717, 1.165) is 16.3 Å². The number of carbonyl (C=O) groups excluding carboxylic acids is 1. The molecular weight excluding hydrogens is 432 g/mol. The first-order chi connectivity index (χ1) is 15.1. The summed E-state index contributed by atoms with van der Waals surface area (Å²) in [5.41, 5.74) is 2.71. The van der Waals surface area contributed by atoms with Crippen LogP contribution in [0.15, 0.2) is 53.4 Å². The zero-order chi connectivity index (χ0) is 23.5. The summed E-state index contributed by atoms with van der Waals surface area (Å²) in [5, 5.41) is 9.17. The Morgan fingerprint density at radius 3 is 2.41 bits per heavy atom. The van der Waals surface area contributed by atoms with E-state index in [2.05, 4.69) is 13.0 Å². The highest BCUT2D eigenvalue weighted by Gasteiger charge is 2.50. The van der Waals surface area contributed by atoms with Gasteiger partial charge in [-0.1, -0.05) is 31.2 Å². The van der Waals surface area contributed by atoms with Gasteiger partial charge < -0.3 is 9.47 Å². The van der Waals surface area contributed by atoms with Gasteiger partial charge in [0.1, 0.15) is 18.4 Å². The molecule has 1 saturated heterocycles. The number of hydrogen-bond donors (Lipinski definition) is 2. The Balaban J connectivity index is 1.82. The van der Waals surface area contributed by atoms with Crippen LogP contribution in [0.25, 0.3) is 0 Å². The van der Waals surface area contributed by atoms with Crippen molar-refractivity contribution in [3.63, 3.8) is 0 Å². The lowest BCUT2D eigenvalue weighted by Crippen LogP contribution is -2.65. The summed E-state index contributed by atoms with van der Waals surface area (Å²) in [4.78, 5) is 12.4. The highest BCUT2D eigenvalue weighted by atomic mass is 32.2. The Hall–Kier alpha value is -2.46. The second-order valence-electron chi connectivity index (χ2n) is 8.37. The fraction of sp³-hybridized carbons (Fsp3) is 0.435. The minimum atomic E-state index is -4.04. The molecule has 0 radical (unpaired) electrons. The maximum Gasteiger partial charge on any atom is 0.264 e. The number of hydroxylamine groups is 1. The number of aryl methyl sites for hydroxylation is 1. The molecule has 1 aliphatic heterocycles. The van der Waals surface area contributed by atoms with E-state index in [9.17, 15) is 18.4 Å². The Morgan fingerprint density at radius 1 is 1.19 bits per heavy atom. The summed E-state index contributed by atoms with van der Waals surface area (Å²) in [6.45, 7) is 7.42. The number of rotatable bonds is 7. The summed E-state index contributed by atoms with van der Waals surface area (Å²) in [5.74, 6) is -0.310. The molecule has 2 unspecified atom stereocenters. The van der Waals surface area contributed by atoms with Crippen molar-refractivity contribution in [1.82, 2.24) is 9.79 Å². The average Bonchev–Trinajstić information content (AvgIpc) is 2.76. The highest BCUT2D eigenvalue weighted by Crippen LogP contribution is 2.33. The van der Waals surface area contributed by atoms with Crippen LogP contribution >= 0.6 is 0 Å². The molecule has 32 heavy (non-hydrogen) atoms. The number of sulfonamides is 1. The molecule has 2 aromatic carbocycles. The van der Waals surface area contributed by atoms with Gasteiger partial charge in [0.15, 0.2) is 0 Å². The zero-order valence-corrected chi connectivity index (χ0v) is 19.6. The second kappa shape index (κ2) is 9.58. The largest absolute Gasteiger partial charge is 0.489 e. The summed E-state index contributed by atoms with van der Waals surface area (Å²) >= 11 is 0. The SMILES string of the molecule is CCc1ccccc1COc1ccc(S(=O)(=O)N2CC(C)OC(C)(C)C2C(=O)NO)cc1. The molecule has 174 valence electrons. The normalized spacial score (nSPS) is 21.2. The van der Waals surface area contributed by atoms with Crippen LogP contribution in [-0.2, 0) is 32.6 Å². The first-order valence-electron chi connectivity index (χ1n) is 10.5. The van der Waals surface area contributed by atoms with E-state index < -0.39 is 33.7 Å². The van der Waals surface area contributed by atoms with Crippen molar-refractivity contribution < 1.29 is 27.9 Å². The van der Waals surface area contributed by atoms with Gasteiger partial charge in [-0.3, -0.25) is 10.0 Å². The van der Waals surface area contributed by atoms with Crippen molar-refractivity contribution in [1.29, 1.82) is 0 Å². The van der Waals surface area contributed by atoms with Crippen LogP contribution in [0.5, 0.6) is 5.75 Å². The van der Waals surface area contributed by atoms with Gasteiger partial charge in [-0.15, -0.1) is 0 Å². The third kappa shape index (κ3) is 4.96. The van der Waals surface area contributed by atoms with Crippen molar-refractivity contribution in [3.05, 3.63) is 59.7 Å². The van der Waals surface area contributed by atoms with Crippen molar-refractivity contribution >= 4 is 15.9 Å². The number of hydrogen-bond acceptors (Lipinski definition) is 6. The maximum atomic E-state index is 13.4. The van der Waals surface area contributed by atoms with Crippen LogP contribution < -0.4 is 10.2 Å². The Labute approximate surface area is 189 Å². The topological polar surface area (TPSA) is 105 Å². The molecule has 2 aromatic rings. The Bertz CT molecular complexity index is 1050. The van der Waals surface area contributed by atoms with E-state index in [-0.39, 0.29) is 11.4 Å². The van der Waals surface area contributed by atoms with Gasteiger partial charge >= 0.3 is 0 Å². The van der Waals surface area contributed by atoms with Gasteiger partial charge in [0.2, 0.25) is 10.0 Å². The summed E-state index contributed by atoms with van der Waals surface area (Å²) in [7, 11) is -4.04. The molecule has 1 heterocycles. The summed E-state index contributed by atoms with van der Waals surface area (Å²) in [6, 6.07) is 12.9. The maximum absolute atomic E-state index is 13.4. The minimum Gasteiger partial charge on any atom is -0.489 e. The summed E-state index contributed by atoms with van der Waals surface area (Å²) < 4.78 is 39.5. The van der Waals surface area contributed by atoms with Crippen LogP contribution in [0.2, 0.25) is 0 Å². The van der Waals surface area contributed by atoms with E-state index in [1.165, 1.54) is 17.7 Å². The van der Waals surface area contributed by atoms with Crippen molar-refractivity contribution in [2.75, 3.05) is 6.54 Å². The molecular formula is C23H30N2O6S. The molecule has 2 N–H and O–H groups in total. The standard InChI is InChI=1S/C23H30N2O6S/c1-5-17-8-6-7-9-18(17)15-30-19-10-12-20(13-11-19)32(28,29)25-14-16(2)31-23(3,4)21(25)22(26)24-27/h6-13,16,21,27H,5,14-15H2,1-4H3,(H,24,26). The molecule has 0 saturated carbocycles. The van der Waals surface area contributed by atoms with Crippen molar-refractivity contribution in [3.8, 4) is 5.75 Å². The number of nitrogens with zero attached hydrogens (tertiary/aromatic N) is 1. The van der Waals surface area contributed by atoms with E-state index in [0.29, 0.717) is 12.4 Å². The monoisotopic (exact) mass is 462 g/mol. The van der Waals surface area contributed by atoms with Gasteiger partial charge in [0.25, 0.3) is 5.91 Å². The third-order valence-electron chi connectivity index (χ3n) is 5.57. The molecule has 1 fully saturated rings. The molecule has 0 aliphatic carbocycles. The summed E-state index contributed by atoms with van der Waals surface area (Å²) in [6.07, 6.45) is 0.469. The average molecular weight is 463 g/mol. The number of nitrogens with one attached hydrogen (secondary N) is 1. The molecule has 9 heteroatoms. The quantitative estimate of drug-likeness (QED) is 0.484. The fourth-order valence-corrected chi connectivity index (χ4v) is 5.90. The molecule has 1 amide bonds. The lowest BCUT2D eigenvalue weighted by molar-refractivity contribution is -0.167. The van der Waals surface area contributed by atoms with Gasteiger partial charge in [-0.05, 0) is 62.6 Å². The first-order valence-corrected chi connectivity index (χ1v) is 12.0. The highest BCUT2D eigenvalue weighted by molar-refractivity contribution is 7.89. The molecule has 8 nitrogen and oxygen atoms in total. The molecule has 2 atom stereocenters. The lowest BCUT2D eigenvalue weighted by Gasteiger charge is -2.46. The Morgan fingerprint density at radius 2 is 1.81 bits per heavy atom. The lowest BCUT2D eigenvalue weighted by atomic mass is 9.95. The molecule has 0 aromatic heterocycles. The van der Waals surface area contributed by atoms with Crippen LogP contribution in [0, 0.1) is 0 Å². The Kier molecular flexibility index (Phi) is 7.24. The number of benzene rings is 2. The van der Waals surface area contributed by atoms with Gasteiger partial charge in [0, 0.05) is 6.54 Å². The van der Waals surface area contributed by atoms with E-state index in [1.54, 1.807) is 38.4 Å². The molecule has 0 spiro atoms. The van der Waals surface area contributed by atoms with Crippen molar-refractivity contribution in [2.45, 2.75) is 63.4 Å². The van der Waals surface area contributed by atoms with Crippen LogP contribution in [-0.4, -0.2) is 48.1 Å². The van der Waals surface area contributed by atoms with Crippen LogP contribution in [0.4, 0.5) is 0 Å². The number of carbonyl (C=O) groups is 1. The predicted octanol–water partition coefficient (Wildman–Crippen LogP) is 2.89. The van der Waals surface area contributed by atoms with E-state index in [1.807, 2.05) is 18.2 Å². The number of ether oxygens (including phenoxy) is 2. The van der Waals surface area contributed by atoms with Crippen molar-refractivity contribution in [2.24, 2.45) is 0 Å².